The number of hydrogen-bond donors (Lipinski definition) is 1. The number of carbonyl (C=O) groups is 1. The molecule has 0 aliphatic rings. The average molecular weight is 244 g/mol. The molecule has 0 aromatic rings. The summed E-state index contributed by atoms with van der Waals surface area (Å²) in [6, 6.07) is 0. The Labute approximate surface area is 99.6 Å². The lowest BCUT2D eigenvalue weighted by Crippen LogP contribution is -2.41. The van der Waals surface area contributed by atoms with Crippen LogP contribution in [0, 0.1) is 11.8 Å². The first kappa shape index (κ1) is 15.4. The number of aliphatic hydroxyl groups excluding tert-OH is 1. The second kappa shape index (κ2) is 6.20. The summed E-state index contributed by atoms with van der Waals surface area (Å²) in [6.45, 7) is 12.1. The molecular weight excluding hydrogens is 220 g/mol. The van der Waals surface area contributed by atoms with Gasteiger partial charge in [0.15, 0.2) is 5.41 Å². The summed E-state index contributed by atoms with van der Waals surface area (Å²) in [7, 11) is -2.35. The summed E-state index contributed by atoms with van der Waals surface area (Å²) in [6.07, 6.45) is 1.33. The van der Waals surface area contributed by atoms with Gasteiger partial charge >= 0.3 is 0 Å². The van der Waals surface area contributed by atoms with Crippen molar-refractivity contribution in [1.82, 2.24) is 0 Å². The third-order valence-corrected chi connectivity index (χ3v) is 4.46. The van der Waals surface area contributed by atoms with Crippen molar-refractivity contribution in [3.05, 3.63) is 11.8 Å². The number of allylic oxidation sites excluding steroid dienone is 2. The average Bonchev–Trinajstić information content (AvgIpc) is 2.14. The maximum atomic E-state index is 11.9. The molecule has 0 fully saturated rings. The molecule has 0 saturated heterocycles. The van der Waals surface area contributed by atoms with E-state index in [9.17, 15) is 9.90 Å². The van der Waals surface area contributed by atoms with Crippen molar-refractivity contribution >= 4 is 13.7 Å². The molecule has 0 rings (SSSR count). The first-order chi connectivity index (χ1) is 7.16. The lowest BCUT2D eigenvalue weighted by Gasteiger charge is -2.21. The van der Waals surface area contributed by atoms with Crippen molar-refractivity contribution in [3.8, 4) is 0 Å². The van der Waals surface area contributed by atoms with Crippen LogP contribution in [0.15, 0.2) is 11.8 Å². The molecular formula is C12H24O3Si. The normalized spacial score (nSPS) is 13.6. The summed E-state index contributed by atoms with van der Waals surface area (Å²) in [5, 5.41) is 9.49. The van der Waals surface area contributed by atoms with Gasteiger partial charge in [0.25, 0.3) is 8.32 Å². The van der Waals surface area contributed by atoms with Crippen LogP contribution in [-0.4, -0.2) is 25.4 Å². The molecule has 0 spiro atoms. The van der Waals surface area contributed by atoms with Gasteiger partial charge in [-0.3, -0.25) is 4.79 Å². The highest BCUT2D eigenvalue weighted by molar-refractivity contribution is 7.01. The molecule has 0 amide bonds. The fraction of sp³-hybridized carbons (Fsp3) is 0.750. The van der Waals surface area contributed by atoms with Crippen molar-refractivity contribution in [3.63, 3.8) is 0 Å². The van der Waals surface area contributed by atoms with Gasteiger partial charge < -0.3 is 9.53 Å². The summed E-state index contributed by atoms with van der Waals surface area (Å²) < 4.78 is 5.67. The molecule has 3 nitrogen and oxygen atoms in total. The van der Waals surface area contributed by atoms with E-state index in [1.807, 2.05) is 26.9 Å². The zero-order valence-corrected chi connectivity index (χ0v) is 12.2. The van der Waals surface area contributed by atoms with E-state index in [1.54, 1.807) is 0 Å². The largest absolute Gasteiger partial charge is 0.512 e. The predicted octanol–water partition coefficient (Wildman–Crippen LogP) is 3.07. The van der Waals surface area contributed by atoms with Gasteiger partial charge in [0.1, 0.15) is 0 Å². The van der Waals surface area contributed by atoms with Crippen LogP contribution in [0.3, 0.4) is 0 Å². The van der Waals surface area contributed by atoms with E-state index in [1.165, 1.54) is 6.08 Å². The van der Waals surface area contributed by atoms with E-state index in [-0.39, 0.29) is 17.1 Å². The standard InChI is InChI=1S/C12H24O3Si/c1-9(2)8-15-16(5,6)12(14)7-11(13)10(3)4/h7,9-10,13H,8H2,1-6H3. The number of rotatable bonds is 6. The van der Waals surface area contributed by atoms with Crippen LogP contribution in [0.4, 0.5) is 0 Å². The first-order valence-electron chi connectivity index (χ1n) is 5.75. The van der Waals surface area contributed by atoms with Crippen LogP contribution in [-0.2, 0) is 9.22 Å². The summed E-state index contributed by atoms with van der Waals surface area (Å²) >= 11 is 0. The SMILES string of the molecule is CC(C)CO[Si](C)(C)C(=O)C=C(O)C(C)C. The van der Waals surface area contributed by atoms with Crippen molar-refractivity contribution in [2.45, 2.75) is 40.8 Å². The van der Waals surface area contributed by atoms with Gasteiger partial charge in [0, 0.05) is 18.6 Å². The molecule has 94 valence electrons. The molecule has 0 saturated carbocycles. The second-order valence-corrected chi connectivity index (χ2v) is 9.11. The van der Waals surface area contributed by atoms with Crippen LogP contribution in [0.5, 0.6) is 0 Å². The summed E-state index contributed by atoms with van der Waals surface area (Å²) in [5.41, 5.74) is 0. The van der Waals surface area contributed by atoms with E-state index in [0.29, 0.717) is 12.5 Å². The van der Waals surface area contributed by atoms with Gasteiger partial charge in [-0.15, -0.1) is 0 Å². The van der Waals surface area contributed by atoms with Gasteiger partial charge in [-0.2, -0.15) is 0 Å². The monoisotopic (exact) mass is 244 g/mol. The molecule has 0 aliphatic heterocycles. The van der Waals surface area contributed by atoms with Crippen molar-refractivity contribution in [1.29, 1.82) is 0 Å². The maximum Gasteiger partial charge on any atom is 0.264 e. The minimum absolute atomic E-state index is 0.0150. The van der Waals surface area contributed by atoms with Gasteiger partial charge in [-0.05, 0) is 19.0 Å². The molecule has 0 aromatic heterocycles. The second-order valence-electron chi connectivity index (χ2n) is 5.30. The molecule has 0 aromatic carbocycles. The molecule has 4 heteroatoms. The fourth-order valence-electron chi connectivity index (χ4n) is 0.921. The Bertz CT molecular complexity index is 267. The van der Waals surface area contributed by atoms with E-state index in [4.69, 9.17) is 4.43 Å². The molecule has 0 bridgehead atoms. The highest BCUT2D eigenvalue weighted by Gasteiger charge is 2.31. The Balaban J connectivity index is 4.52. The van der Waals surface area contributed by atoms with Crippen LogP contribution < -0.4 is 0 Å². The first-order valence-corrected chi connectivity index (χ1v) is 8.66. The smallest absolute Gasteiger partial charge is 0.264 e. The topological polar surface area (TPSA) is 46.5 Å². The minimum Gasteiger partial charge on any atom is -0.512 e. The molecule has 0 heterocycles. The minimum atomic E-state index is -2.35. The van der Waals surface area contributed by atoms with Crippen LogP contribution >= 0.6 is 0 Å². The third-order valence-electron chi connectivity index (χ3n) is 2.24. The summed E-state index contributed by atoms with van der Waals surface area (Å²) in [5.74, 6) is 0.542. The van der Waals surface area contributed by atoms with Crippen LogP contribution in [0.1, 0.15) is 27.7 Å². The number of carbonyl (C=O) groups excluding carboxylic acids is 1. The van der Waals surface area contributed by atoms with E-state index in [2.05, 4.69) is 13.8 Å². The Kier molecular flexibility index (Phi) is 5.97. The number of aliphatic hydroxyl groups is 1. The predicted molar refractivity (Wildman–Crippen MR) is 68.8 cm³/mol. The molecule has 0 aliphatic carbocycles. The van der Waals surface area contributed by atoms with E-state index in [0.717, 1.165) is 0 Å². The Morgan fingerprint density at radius 3 is 2.19 bits per heavy atom. The highest BCUT2D eigenvalue weighted by atomic mass is 28.4. The van der Waals surface area contributed by atoms with Gasteiger partial charge in [-0.25, -0.2) is 0 Å². The molecule has 1 N–H and O–H groups in total. The van der Waals surface area contributed by atoms with Crippen LogP contribution in [0.25, 0.3) is 0 Å². The quantitative estimate of drug-likeness (QED) is 0.444. The molecule has 0 unspecified atom stereocenters. The molecule has 0 atom stereocenters. The van der Waals surface area contributed by atoms with Crippen molar-refractivity contribution in [2.24, 2.45) is 11.8 Å². The third kappa shape index (κ3) is 5.46. The zero-order chi connectivity index (χ0) is 12.9. The van der Waals surface area contributed by atoms with Gasteiger partial charge in [-0.1, -0.05) is 27.7 Å². The fourth-order valence-corrected chi connectivity index (χ4v) is 2.31. The van der Waals surface area contributed by atoms with E-state index < -0.39 is 8.32 Å². The van der Waals surface area contributed by atoms with Crippen LogP contribution in [0.2, 0.25) is 13.1 Å². The zero-order valence-electron chi connectivity index (χ0n) is 11.2. The van der Waals surface area contributed by atoms with Crippen molar-refractivity contribution < 1.29 is 14.3 Å². The molecule has 0 radical (unpaired) electrons. The number of hydrogen-bond acceptors (Lipinski definition) is 3. The Hall–Kier alpha value is -0.613. The molecule has 16 heavy (non-hydrogen) atoms. The highest BCUT2D eigenvalue weighted by Crippen LogP contribution is 2.12. The van der Waals surface area contributed by atoms with Gasteiger partial charge in [0.2, 0.25) is 0 Å². The van der Waals surface area contributed by atoms with E-state index >= 15 is 0 Å². The van der Waals surface area contributed by atoms with Gasteiger partial charge in [0.05, 0.1) is 5.76 Å². The van der Waals surface area contributed by atoms with Crippen molar-refractivity contribution in [2.75, 3.05) is 6.61 Å². The Morgan fingerprint density at radius 1 is 1.31 bits per heavy atom. The lowest BCUT2D eigenvalue weighted by atomic mass is 10.2. The lowest BCUT2D eigenvalue weighted by molar-refractivity contribution is -0.110. The summed E-state index contributed by atoms with van der Waals surface area (Å²) in [4.78, 5) is 11.9. The maximum absolute atomic E-state index is 11.9. The Morgan fingerprint density at radius 2 is 1.81 bits per heavy atom.